The summed E-state index contributed by atoms with van der Waals surface area (Å²) in [6.45, 7) is 17.3. The summed E-state index contributed by atoms with van der Waals surface area (Å²) in [5, 5.41) is 11.9. The Balaban J connectivity index is 1.40. The molecule has 40 heavy (non-hydrogen) atoms. The molecule has 11 atom stereocenters. The molecule has 4 saturated carbocycles. The summed E-state index contributed by atoms with van der Waals surface area (Å²) in [6, 6.07) is 0. The van der Waals surface area contributed by atoms with E-state index in [1.54, 1.807) is 6.92 Å². The van der Waals surface area contributed by atoms with Crippen molar-refractivity contribution < 1.29 is 28.9 Å². The lowest BCUT2D eigenvalue weighted by molar-refractivity contribution is -0.185. The minimum atomic E-state index is -0.500. The fraction of sp³-hybridized carbons (Fsp3) is 0.941. The lowest BCUT2D eigenvalue weighted by atomic mass is 9.43. The Kier molecular flexibility index (Phi) is 9.72. The van der Waals surface area contributed by atoms with Gasteiger partial charge in [-0.1, -0.05) is 27.7 Å². The minimum Gasteiger partial charge on any atom is -0.462 e. The molecule has 0 spiro atoms. The highest BCUT2D eigenvalue weighted by Gasteiger charge is 2.64. The van der Waals surface area contributed by atoms with Gasteiger partial charge in [-0.3, -0.25) is 9.59 Å². The van der Waals surface area contributed by atoms with Gasteiger partial charge < -0.3 is 19.3 Å². The summed E-state index contributed by atoms with van der Waals surface area (Å²) >= 11 is 0. The maximum atomic E-state index is 12.8. The third-order valence-corrected chi connectivity index (χ3v) is 12.7. The molecule has 6 nitrogen and oxygen atoms in total. The monoisotopic (exact) mass is 562 g/mol. The molecule has 0 amide bonds. The second kappa shape index (κ2) is 12.2. The van der Waals surface area contributed by atoms with Gasteiger partial charge in [0.05, 0.1) is 11.5 Å². The SMILES string of the molecule is CCOC(C)OC(=O)CCC(C)C1CCC2C3CCC4CC(OC(=O)C(C)(C)CC)CC[C@]4(C)C3CC(O)[C@]12C. The number of fused-ring (bicyclic) bond motifs is 5. The highest BCUT2D eigenvalue weighted by molar-refractivity contribution is 5.76. The zero-order valence-electron chi connectivity index (χ0n) is 26.7. The topological polar surface area (TPSA) is 82.1 Å². The van der Waals surface area contributed by atoms with Gasteiger partial charge in [-0.05, 0) is 138 Å². The van der Waals surface area contributed by atoms with E-state index in [0.717, 1.165) is 44.9 Å². The van der Waals surface area contributed by atoms with Gasteiger partial charge >= 0.3 is 11.9 Å². The summed E-state index contributed by atoms with van der Waals surface area (Å²) in [5.41, 5.74) is -0.307. The predicted molar refractivity (Wildman–Crippen MR) is 156 cm³/mol. The van der Waals surface area contributed by atoms with Crippen LogP contribution in [0.15, 0.2) is 0 Å². The second-order valence-electron chi connectivity index (χ2n) is 15.0. The van der Waals surface area contributed by atoms with Crippen LogP contribution in [-0.4, -0.2) is 42.1 Å². The maximum absolute atomic E-state index is 12.8. The normalized spacial score (nSPS) is 40.8. The third-order valence-electron chi connectivity index (χ3n) is 12.7. The van der Waals surface area contributed by atoms with E-state index in [-0.39, 0.29) is 35.0 Å². The molecule has 4 rings (SSSR count). The third kappa shape index (κ3) is 5.87. The van der Waals surface area contributed by atoms with Crippen LogP contribution in [0.3, 0.4) is 0 Å². The number of esters is 2. The average molecular weight is 563 g/mol. The van der Waals surface area contributed by atoms with E-state index in [9.17, 15) is 14.7 Å². The Bertz CT molecular complexity index is 901. The first-order valence-corrected chi connectivity index (χ1v) is 16.5. The Morgan fingerprint density at radius 3 is 2.40 bits per heavy atom. The van der Waals surface area contributed by atoms with Gasteiger partial charge in [-0.2, -0.15) is 0 Å². The molecule has 1 N–H and O–H groups in total. The Morgan fingerprint density at radius 1 is 1.00 bits per heavy atom. The molecule has 4 aliphatic rings. The predicted octanol–water partition coefficient (Wildman–Crippen LogP) is 7.31. The van der Waals surface area contributed by atoms with Crippen molar-refractivity contribution in [3.8, 4) is 0 Å². The van der Waals surface area contributed by atoms with Crippen molar-refractivity contribution in [2.24, 2.45) is 51.8 Å². The summed E-state index contributed by atoms with van der Waals surface area (Å²) in [4.78, 5) is 25.2. The molecule has 0 radical (unpaired) electrons. The van der Waals surface area contributed by atoms with Crippen LogP contribution < -0.4 is 0 Å². The number of aliphatic hydroxyl groups excluding tert-OH is 1. The van der Waals surface area contributed by atoms with Crippen LogP contribution in [0.5, 0.6) is 0 Å². The smallest absolute Gasteiger partial charge is 0.311 e. The molecule has 6 heteroatoms. The van der Waals surface area contributed by atoms with Crippen molar-refractivity contribution in [1.29, 1.82) is 0 Å². The number of carbonyl (C=O) groups excluding carboxylic acids is 2. The quantitative estimate of drug-likeness (QED) is 0.222. The fourth-order valence-corrected chi connectivity index (χ4v) is 9.77. The van der Waals surface area contributed by atoms with Crippen LogP contribution >= 0.6 is 0 Å². The van der Waals surface area contributed by atoms with Crippen molar-refractivity contribution >= 4 is 11.9 Å². The lowest BCUT2D eigenvalue weighted by Gasteiger charge is -2.62. The van der Waals surface area contributed by atoms with Crippen molar-refractivity contribution in [2.75, 3.05) is 6.61 Å². The number of aliphatic hydroxyl groups is 1. The van der Waals surface area contributed by atoms with E-state index >= 15 is 0 Å². The molecule has 0 aliphatic heterocycles. The standard InChI is InChI=1S/C34H58O6/c1-9-32(5,6)31(37)40-24-17-18-33(7)23(19-24)12-13-25-27-15-14-26(34(27,8)29(35)20-28(25)33)21(3)11-16-30(36)39-22(4)38-10-2/h21-29,35H,9-20H2,1-8H3/t21?,22?,23?,24?,25?,26?,27?,28?,29?,33-,34+/m0/s1. The summed E-state index contributed by atoms with van der Waals surface area (Å²) in [6.07, 6.45) is 9.84. The molecule has 0 bridgehead atoms. The average Bonchev–Trinajstić information content (AvgIpc) is 3.27. The number of hydrogen-bond donors (Lipinski definition) is 1. The van der Waals surface area contributed by atoms with E-state index in [2.05, 4.69) is 27.7 Å². The zero-order chi connectivity index (χ0) is 29.5. The Morgan fingerprint density at radius 2 is 1.73 bits per heavy atom. The molecule has 4 aliphatic carbocycles. The Labute approximate surface area is 243 Å². The van der Waals surface area contributed by atoms with Crippen molar-refractivity contribution in [2.45, 2.75) is 145 Å². The number of ether oxygens (including phenoxy) is 3. The van der Waals surface area contributed by atoms with Crippen LogP contribution in [0, 0.1) is 51.8 Å². The van der Waals surface area contributed by atoms with Gasteiger partial charge in [-0.15, -0.1) is 0 Å². The molecular formula is C34H58O6. The first-order chi connectivity index (χ1) is 18.8. The number of rotatable bonds is 10. The molecule has 0 saturated heterocycles. The molecule has 0 heterocycles. The van der Waals surface area contributed by atoms with E-state index in [4.69, 9.17) is 14.2 Å². The van der Waals surface area contributed by atoms with Crippen molar-refractivity contribution in [3.05, 3.63) is 0 Å². The molecule has 0 aromatic heterocycles. The molecule has 4 fully saturated rings. The molecule has 230 valence electrons. The van der Waals surface area contributed by atoms with E-state index in [1.807, 2.05) is 20.8 Å². The maximum Gasteiger partial charge on any atom is 0.311 e. The summed E-state index contributed by atoms with van der Waals surface area (Å²) in [5.74, 6) is 2.83. The van der Waals surface area contributed by atoms with Crippen LogP contribution in [0.25, 0.3) is 0 Å². The first-order valence-electron chi connectivity index (χ1n) is 16.5. The van der Waals surface area contributed by atoms with Gasteiger partial charge in [0.2, 0.25) is 0 Å². The second-order valence-corrected chi connectivity index (χ2v) is 15.0. The highest BCUT2D eigenvalue weighted by atomic mass is 16.7. The summed E-state index contributed by atoms with van der Waals surface area (Å²) in [7, 11) is 0. The van der Waals surface area contributed by atoms with Crippen LogP contribution in [0.2, 0.25) is 0 Å². The fourth-order valence-electron chi connectivity index (χ4n) is 9.77. The van der Waals surface area contributed by atoms with Crippen LogP contribution in [0.4, 0.5) is 0 Å². The van der Waals surface area contributed by atoms with E-state index in [1.165, 1.54) is 19.3 Å². The molecular weight excluding hydrogens is 504 g/mol. The van der Waals surface area contributed by atoms with Crippen molar-refractivity contribution in [3.63, 3.8) is 0 Å². The molecule has 0 aromatic carbocycles. The zero-order valence-corrected chi connectivity index (χ0v) is 26.7. The summed E-state index contributed by atoms with van der Waals surface area (Å²) < 4.78 is 16.8. The van der Waals surface area contributed by atoms with Gasteiger partial charge in [0.25, 0.3) is 0 Å². The molecule has 0 aromatic rings. The van der Waals surface area contributed by atoms with Crippen molar-refractivity contribution in [1.82, 2.24) is 0 Å². The van der Waals surface area contributed by atoms with E-state index < -0.39 is 11.7 Å². The lowest BCUT2D eigenvalue weighted by Crippen LogP contribution is -2.59. The van der Waals surface area contributed by atoms with Crippen LogP contribution in [0.1, 0.15) is 126 Å². The van der Waals surface area contributed by atoms with Gasteiger partial charge in [0.1, 0.15) is 6.10 Å². The van der Waals surface area contributed by atoms with Gasteiger partial charge in [0.15, 0.2) is 6.29 Å². The Hall–Kier alpha value is -1.14. The highest BCUT2D eigenvalue weighted by Crippen LogP contribution is 2.68. The van der Waals surface area contributed by atoms with E-state index in [0.29, 0.717) is 48.5 Å². The van der Waals surface area contributed by atoms with Gasteiger partial charge in [0, 0.05) is 13.0 Å². The number of hydrogen-bond acceptors (Lipinski definition) is 6. The first kappa shape index (κ1) is 31.8. The largest absolute Gasteiger partial charge is 0.462 e. The van der Waals surface area contributed by atoms with Gasteiger partial charge in [-0.25, -0.2) is 0 Å². The minimum absolute atomic E-state index is 0.0339. The molecule has 9 unspecified atom stereocenters. The van der Waals surface area contributed by atoms with Crippen LogP contribution in [-0.2, 0) is 23.8 Å². The number of carbonyl (C=O) groups is 2.